The van der Waals surface area contributed by atoms with Crippen LogP contribution in [0.4, 0.5) is 11.4 Å². The number of rotatable bonds is 6. The molecule has 2 amide bonds. The Labute approximate surface area is 173 Å². The molecule has 29 heavy (non-hydrogen) atoms. The van der Waals surface area contributed by atoms with Gasteiger partial charge in [-0.3, -0.25) is 9.59 Å². The number of likely N-dealkylation sites (N-methyl/N-ethyl adjacent to an activating group) is 1. The quantitative estimate of drug-likeness (QED) is 0.772. The van der Waals surface area contributed by atoms with Gasteiger partial charge < -0.3 is 15.5 Å². The van der Waals surface area contributed by atoms with Crippen LogP contribution in [-0.2, 0) is 16.0 Å². The summed E-state index contributed by atoms with van der Waals surface area (Å²) in [5.74, 6) is 2.46. The van der Waals surface area contributed by atoms with Crippen LogP contribution in [0.25, 0.3) is 0 Å². The zero-order valence-electron chi connectivity index (χ0n) is 17.5. The van der Waals surface area contributed by atoms with E-state index in [4.69, 9.17) is 0 Å². The molecule has 0 unspecified atom stereocenters. The number of anilines is 2. The van der Waals surface area contributed by atoms with Crippen LogP contribution < -0.4 is 15.5 Å². The van der Waals surface area contributed by atoms with Crippen molar-refractivity contribution in [1.29, 1.82) is 0 Å². The van der Waals surface area contributed by atoms with E-state index >= 15 is 0 Å². The molecule has 5 heteroatoms. The molecule has 5 nitrogen and oxygen atoms in total. The molecule has 4 bridgehead atoms. The molecule has 156 valence electrons. The standard InChI is InChI=1S/C24H33N3O2/c1-2-27-8-6-19-3-4-20(12-21(19)27)26-22(28)5-7-25-23(29)24-13-16-9-17(14-24)11-18(10-16)15-24/h3-4,12,16-18H,2,5-11,13-15H2,1H3,(H,25,29)(H,26,28). The Hall–Kier alpha value is -2.04. The number of nitrogens with one attached hydrogen (secondary N) is 2. The van der Waals surface area contributed by atoms with E-state index in [9.17, 15) is 9.59 Å². The summed E-state index contributed by atoms with van der Waals surface area (Å²) in [5.41, 5.74) is 3.31. The van der Waals surface area contributed by atoms with Gasteiger partial charge in [0.2, 0.25) is 11.8 Å². The van der Waals surface area contributed by atoms with Crippen molar-refractivity contribution in [3.8, 4) is 0 Å². The van der Waals surface area contributed by atoms with E-state index in [-0.39, 0.29) is 17.2 Å². The van der Waals surface area contributed by atoms with Gasteiger partial charge in [0.15, 0.2) is 0 Å². The average molecular weight is 396 g/mol. The van der Waals surface area contributed by atoms with Crippen LogP contribution in [0.2, 0.25) is 0 Å². The first-order chi connectivity index (χ1) is 14.0. The highest BCUT2D eigenvalue weighted by Crippen LogP contribution is 2.60. The molecule has 1 aromatic carbocycles. The van der Waals surface area contributed by atoms with E-state index in [0.29, 0.717) is 13.0 Å². The zero-order chi connectivity index (χ0) is 20.0. The van der Waals surface area contributed by atoms with Crippen molar-refractivity contribution in [3.63, 3.8) is 0 Å². The van der Waals surface area contributed by atoms with E-state index in [0.717, 1.165) is 62.2 Å². The zero-order valence-corrected chi connectivity index (χ0v) is 17.5. The monoisotopic (exact) mass is 395 g/mol. The predicted octanol–water partition coefficient (Wildman–Crippen LogP) is 3.73. The van der Waals surface area contributed by atoms with E-state index in [1.807, 2.05) is 6.07 Å². The van der Waals surface area contributed by atoms with E-state index in [1.54, 1.807) is 0 Å². The highest BCUT2D eigenvalue weighted by atomic mass is 16.2. The van der Waals surface area contributed by atoms with Gasteiger partial charge in [-0.25, -0.2) is 0 Å². The Bertz CT molecular complexity index is 783. The van der Waals surface area contributed by atoms with Crippen molar-refractivity contribution in [3.05, 3.63) is 23.8 Å². The first-order valence-corrected chi connectivity index (χ1v) is 11.5. The predicted molar refractivity (Wildman–Crippen MR) is 115 cm³/mol. The molecule has 4 aliphatic carbocycles. The first-order valence-electron chi connectivity index (χ1n) is 11.5. The third-order valence-electron chi connectivity index (χ3n) is 7.90. The summed E-state index contributed by atoms with van der Waals surface area (Å²) in [7, 11) is 0. The number of carbonyl (C=O) groups is 2. The second-order valence-electron chi connectivity index (χ2n) is 9.93. The molecule has 1 heterocycles. The molecular weight excluding hydrogens is 362 g/mol. The minimum atomic E-state index is -0.130. The van der Waals surface area contributed by atoms with Gasteiger partial charge in [0.25, 0.3) is 0 Å². The molecule has 1 aromatic rings. The molecule has 5 aliphatic rings. The van der Waals surface area contributed by atoms with Crippen molar-refractivity contribution in [2.75, 3.05) is 29.9 Å². The number of fused-ring (bicyclic) bond motifs is 1. The van der Waals surface area contributed by atoms with Crippen molar-refractivity contribution in [2.24, 2.45) is 23.2 Å². The summed E-state index contributed by atoms with van der Waals surface area (Å²) in [6, 6.07) is 6.19. The molecule has 4 saturated carbocycles. The fourth-order valence-corrected chi connectivity index (χ4v) is 6.94. The Balaban J connectivity index is 1.13. The van der Waals surface area contributed by atoms with Crippen LogP contribution in [0.15, 0.2) is 18.2 Å². The van der Waals surface area contributed by atoms with Crippen molar-refractivity contribution in [1.82, 2.24) is 5.32 Å². The summed E-state index contributed by atoms with van der Waals surface area (Å²) in [6.07, 6.45) is 8.63. The maximum atomic E-state index is 13.0. The lowest BCUT2D eigenvalue weighted by Crippen LogP contribution is -2.53. The molecule has 6 rings (SSSR count). The van der Waals surface area contributed by atoms with Gasteiger partial charge in [0.1, 0.15) is 0 Å². The molecule has 1 aliphatic heterocycles. The number of hydrogen-bond donors (Lipinski definition) is 2. The molecule has 0 aromatic heterocycles. The van der Waals surface area contributed by atoms with Crippen molar-refractivity contribution < 1.29 is 9.59 Å². The van der Waals surface area contributed by atoms with Crippen molar-refractivity contribution >= 4 is 23.2 Å². The topological polar surface area (TPSA) is 61.4 Å². The van der Waals surface area contributed by atoms with Gasteiger partial charge in [0, 0.05) is 42.8 Å². The summed E-state index contributed by atoms with van der Waals surface area (Å²) < 4.78 is 0. The third kappa shape index (κ3) is 3.53. The fourth-order valence-electron chi connectivity index (χ4n) is 6.94. The molecule has 0 atom stereocenters. The SMILES string of the molecule is CCN1CCc2ccc(NC(=O)CCNC(=O)C34CC5CC(CC(C5)C3)C4)cc21. The Morgan fingerprint density at radius 3 is 2.45 bits per heavy atom. The van der Waals surface area contributed by atoms with Crippen molar-refractivity contribution in [2.45, 2.75) is 58.3 Å². The largest absolute Gasteiger partial charge is 0.371 e. The molecule has 2 N–H and O–H groups in total. The normalized spacial score (nSPS) is 31.6. The number of nitrogens with zero attached hydrogens (tertiary/aromatic N) is 1. The van der Waals surface area contributed by atoms with Crippen LogP contribution >= 0.6 is 0 Å². The number of amides is 2. The Kier molecular flexibility index (Phi) is 4.79. The lowest BCUT2D eigenvalue weighted by atomic mass is 9.49. The minimum absolute atomic E-state index is 0.0307. The Morgan fingerprint density at radius 2 is 1.79 bits per heavy atom. The maximum absolute atomic E-state index is 13.0. The highest BCUT2D eigenvalue weighted by Gasteiger charge is 2.54. The molecule has 0 radical (unpaired) electrons. The van der Waals surface area contributed by atoms with Gasteiger partial charge >= 0.3 is 0 Å². The molecule has 0 saturated heterocycles. The van der Waals surface area contributed by atoms with Gasteiger partial charge in [-0.2, -0.15) is 0 Å². The van der Waals surface area contributed by atoms with Gasteiger partial charge in [0.05, 0.1) is 0 Å². The fraction of sp³-hybridized carbons (Fsp3) is 0.667. The highest BCUT2D eigenvalue weighted by molar-refractivity contribution is 5.92. The smallest absolute Gasteiger partial charge is 0.226 e. The number of carbonyl (C=O) groups excluding carboxylic acids is 2. The summed E-state index contributed by atoms with van der Waals surface area (Å²) in [4.78, 5) is 27.7. The first kappa shape index (κ1) is 19.0. The minimum Gasteiger partial charge on any atom is -0.371 e. The average Bonchev–Trinajstić information content (AvgIpc) is 3.09. The van der Waals surface area contributed by atoms with E-state index in [2.05, 4.69) is 34.6 Å². The lowest BCUT2D eigenvalue weighted by Gasteiger charge is -2.55. The second kappa shape index (κ2) is 7.33. The van der Waals surface area contributed by atoms with Crippen LogP contribution in [-0.4, -0.2) is 31.4 Å². The Morgan fingerprint density at radius 1 is 1.10 bits per heavy atom. The van der Waals surface area contributed by atoms with Crippen LogP contribution in [0.3, 0.4) is 0 Å². The number of benzene rings is 1. The second-order valence-corrected chi connectivity index (χ2v) is 9.93. The van der Waals surface area contributed by atoms with Gasteiger partial charge in [-0.15, -0.1) is 0 Å². The van der Waals surface area contributed by atoms with Gasteiger partial charge in [-0.1, -0.05) is 6.07 Å². The molecule has 0 spiro atoms. The molecular formula is C24H33N3O2. The van der Waals surface area contributed by atoms with E-state index < -0.39 is 0 Å². The molecule has 4 fully saturated rings. The summed E-state index contributed by atoms with van der Waals surface area (Å²) in [5, 5.41) is 6.11. The number of hydrogen-bond acceptors (Lipinski definition) is 3. The van der Waals surface area contributed by atoms with Crippen LogP contribution in [0.1, 0.15) is 57.4 Å². The summed E-state index contributed by atoms with van der Waals surface area (Å²) in [6.45, 7) is 4.63. The lowest BCUT2D eigenvalue weighted by molar-refractivity contribution is -0.146. The van der Waals surface area contributed by atoms with Crippen LogP contribution in [0.5, 0.6) is 0 Å². The van der Waals surface area contributed by atoms with Crippen LogP contribution in [0, 0.1) is 23.2 Å². The van der Waals surface area contributed by atoms with E-state index in [1.165, 1.54) is 30.5 Å². The maximum Gasteiger partial charge on any atom is 0.226 e. The summed E-state index contributed by atoms with van der Waals surface area (Å²) >= 11 is 0. The van der Waals surface area contributed by atoms with Gasteiger partial charge in [-0.05, 0) is 87.3 Å². The third-order valence-corrected chi connectivity index (χ3v) is 7.90.